The van der Waals surface area contributed by atoms with Gasteiger partial charge in [-0.05, 0) is 18.6 Å². The van der Waals surface area contributed by atoms with Gasteiger partial charge in [0, 0.05) is 23.6 Å². The molecule has 0 aliphatic rings. The van der Waals surface area contributed by atoms with E-state index in [0.717, 1.165) is 5.56 Å². The molecule has 0 saturated heterocycles. The third-order valence-corrected chi connectivity index (χ3v) is 2.08. The monoisotopic (exact) mass is 207 g/mol. The number of carbonyl (C=O) groups is 1. The maximum Gasteiger partial charge on any atom is 0.270 e. The Balaban J connectivity index is 3.20. The molecule has 80 valence electrons. The maximum atomic E-state index is 11.6. The second-order valence-electron chi connectivity index (χ2n) is 3.83. The summed E-state index contributed by atoms with van der Waals surface area (Å²) in [4.78, 5) is 21.8. The highest BCUT2D eigenvalue weighted by atomic mass is 16.6. The van der Waals surface area contributed by atoms with Crippen LogP contribution in [0.2, 0.25) is 0 Å². The third kappa shape index (κ3) is 2.62. The fourth-order valence-corrected chi connectivity index (χ4v) is 1.34. The molecule has 0 aliphatic carbocycles. The molecule has 4 heteroatoms. The van der Waals surface area contributed by atoms with Gasteiger partial charge in [-0.3, -0.25) is 14.9 Å². The van der Waals surface area contributed by atoms with Crippen molar-refractivity contribution in [3.05, 3.63) is 39.4 Å². The van der Waals surface area contributed by atoms with Gasteiger partial charge in [0.25, 0.3) is 5.69 Å². The van der Waals surface area contributed by atoms with Crippen molar-refractivity contribution in [1.29, 1.82) is 0 Å². The molecule has 0 aromatic heterocycles. The number of Topliss-reactive ketones (excluding diaryl/α,β-unsaturated/α-hetero) is 1. The minimum Gasteiger partial charge on any atom is -0.294 e. The van der Waals surface area contributed by atoms with E-state index in [4.69, 9.17) is 0 Å². The Labute approximate surface area is 88.1 Å². The molecule has 1 aromatic rings. The van der Waals surface area contributed by atoms with Crippen LogP contribution in [0.5, 0.6) is 0 Å². The van der Waals surface area contributed by atoms with Crippen LogP contribution in [0.1, 0.15) is 29.8 Å². The van der Waals surface area contributed by atoms with E-state index in [9.17, 15) is 14.9 Å². The summed E-state index contributed by atoms with van der Waals surface area (Å²) in [6, 6.07) is 4.46. The van der Waals surface area contributed by atoms with Crippen LogP contribution in [-0.4, -0.2) is 10.7 Å². The smallest absolute Gasteiger partial charge is 0.270 e. The summed E-state index contributed by atoms with van der Waals surface area (Å²) in [5, 5.41) is 10.6. The SMILES string of the molecule is Cc1cc(C(=O)C(C)C)cc([N+](=O)[O-])c1. The third-order valence-electron chi connectivity index (χ3n) is 2.08. The number of aryl methyl sites for hydroxylation is 1. The molecule has 0 fully saturated rings. The van der Waals surface area contributed by atoms with Crippen molar-refractivity contribution < 1.29 is 9.72 Å². The lowest BCUT2D eigenvalue weighted by Gasteiger charge is -2.04. The first-order valence-electron chi connectivity index (χ1n) is 4.72. The van der Waals surface area contributed by atoms with Crippen molar-refractivity contribution in [1.82, 2.24) is 0 Å². The summed E-state index contributed by atoms with van der Waals surface area (Å²) in [6.45, 7) is 5.29. The first-order chi connectivity index (χ1) is 6.91. The van der Waals surface area contributed by atoms with Gasteiger partial charge in [0.1, 0.15) is 0 Å². The molecule has 1 rings (SSSR count). The quantitative estimate of drug-likeness (QED) is 0.435. The molecule has 0 aliphatic heterocycles. The molecule has 0 spiro atoms. The largest absolute Gasteiger partial charge is 0.294 e. The van der Waals surface area contributed by atoms with E-state index in [-0.39, 0.29) is 17.4 Å². The van der Waals surface area contributed by atoms with Crippen molar-refractivity contribution in [2.45, 2.75) is 20.8 Å². The lowest BCUT2D eigenvalue weighted by atomic mass is 9.99. The molecule has 15 heavy (non-hydrogen) atoms. The van der Waals surface area contributed by atoms with Crippen LogP contribution in [0.15, 0.2) is 18.2 Å². The lowest BCUT2D eigenvalue weighted by Crippen LogP contribution is -2.08. The van der Waals surface area contributed by atoms with E-state index in [1.165, 1.54) is 12.1 Å². The number of nitro benzene ring substituents is 1. The zero-order valence-corrected chi connectivity index (χ0v) is 8.98. The Morgan fingerprint density at radius 2 is 1.93 bits per heavy atom. The number of rotatable bonds is 3. The summed E-state index contributed by atoms with van der Waals surface area (Å²) >= 11 is 0. The van der Waals surface area contributed by atoms with E-state index in [1.54, 1.807) is 26.8 Å². The van der Waals surface area contributed by atoms with Crippen molar-refractivity contribution in [2.75, 3.05) is 0 Å². The Morgan fingerprint density at radius 1 is 1.33 bits per heavy atom. The average molecular weight is 207 g/mol. The zero-order chi connectivity index (χ0) is 11.6. The molecule has 1 aromatic carbocycles. The zero-order valence-electron chi connectivity index (χ0n) is 8.98. The van der Waals surface area contributed by atoms with Crippen LogP contribution in [0, 0.1) is 23.0 Å². The van der Waals surface area contributed by atoms with E-state index in [2.05, 4.69) is 0 Å². The van der Waals surface area contributed by atoms with E-state index >= 15 is 0 Å². The highest BCUT2D eigenvalue weighted by Gasteiger charge is 2.15. The Kier molecular flexibility index (Phi) is 3.19. The topological polar surface area (TPSA) is 60.2 Å². The number of hydrogen-bond acceptors (Lipinski definition) is 3. The lowest BCUT2D eigenvalue weighted by molar-refractivity contribution is -0.384. The first kappa shape index (κ1) is 11.4. The summed E-state index contributed by atoms with van der Waals surface area (Å²) in [5.74, 6) is -0.215. The molecular weight excluding hydrogens is 194 g/mol. The van der Waals surface area contributed by atoms with Crippen LogP contribution in [0.3, 0.4) is 0 Å². The standard InChI is InChI=1S/C11H13NO3/c1-7(2)11(13)9-4-8(3)5-10(6-9)12(14)15/h4-7H,1-3H3. The van der Waals surface area contributed by atoms with Gasteiger partial charge in [-0.25, -0.2) is 0 Å². The van der Waals surface area contributed by atoms with E-state index in [1.807, 2.05) is 0 Å². The van der Waals surface area contributed by atoms with Gasteiger partial charge >= 0.3 is 0 Å². The molecule has 0 amide bonds. The molecule has 0 atom stereocenters. The van der Waals surface area contributed by atoms with Gasteiger partial charge in [-0.1, -0.05) is 13.8 Å². The Hall–Kier alpha value is -1.71. The second kappa shape index (κ2) is 4.21. The maximum absolute atomic E-state index is 11.6. The van der Waals surface area contributed by atoms with Crippen molar-refractivity contribution in [2.24, 2.45) is 5.92 Å². The molecule has 0 heterocycles. The van der Waals surface area contributed by atoms with Gasteiger partial charge in [0.05, 0.1) is 4.92 Å². The molecule has 0 N–H and O–H groups in total. The minimum atomic E-state index is -0.482. The summed E-state index contributed by atoms with van der Waals surface area (Å²) in [5.41, 5.74) is 1.11. The molecular formula is C11H13NO3. The van der Waals surface area contributed by atoms with Crippen molar-refractivity contribution in [3.8, 4) is 0 Å². The molecule has 0 bridgehead atoms. The van der Waals surface area contributed by atoms with Crippen molar-refractivity contribution >= 4 is 11.5 Å². The van der Waals surface area contributed by atoms with Crippen molar-refractivity contribution in [3.63, 3.8) is 0 Å². The molecule has 0 unspecified atom stereocenters. The highest BCUT2D eigenvalue weighted by molar-refractivity contribution is 5.98. The number of hydrogen-bond donors (Lipinski definition) is 0. The normalized spacial score (nSPS) is 10.4. The fraction of sp³-hybridized carbons (Fsp3) is 0.364. The van der Waals surface area contributed by atoms with Crippen LogP contribution >= 0.6 is 0 Å². The number of ketones is 1. The van der Waals surface area contributed by atoms with Crippen LogP contribution < -0.4 is 0 Å². The first-order valence-corrected chi connectivity index (χ1v) is 4.72. The molecule has 0 saturated carbocycles. The minimum absolute atomic E-state index is 0.0287. The number of nitrogens with zero attached hydrogens (tertiary/aromatic N) is 1. The Bertz CT molecular complexity index is 410. The van der Waals surface area contributed by atoms with Crippen LogP contribution in [0.4, 0.5) is 5.69 Å². The molecule has 0 radical (unpaired) electrons. The van der Waals surface area contributed by atoms with Crippen LogP contribution in [0.25, 0.3) is 0 Å². The average Bonchev–Trinajstić information content (AvgIpc) is 2.15. The second-order valence-corrected chi connectivity index (χ2v) is 3.83. The molecule has 4 nitrogen and oxygen atoms in total. The predicted molar refractivity (Wildman–Crippen MR) is 57.0 cm³/mol. The number of non-ortho nitro benzene ring substituents is 1. The summed E-state index contributed by atoms with van der Waals surface area (Å²) < 4.78 is 0. The van der Waals surface area contributed by atoms with Gasteiger partial charge in [0.15, 0.2) is 5.78 Å². The van der Waals surface area contributed by atoms with Gasteiger partial charge in [-0.2, -0.15) is 0 Å². The number of nitro groups is 1. The Morgan fingerprint density at radius 3 is 2.40 bits per heavy atom. The number of carbonyl (C=O) groups excluding carboxylic acids is 1. The predicted octanol–water partition coefficient (Wildman–Crippen LogP) is 2.74. The van der Waals surface area contributed by atoms with Gasteiger partial charge in [-0.15, -0.1) is 0 Å². The van der Waals surface area contributed by atoms with E-state index < -0.39 is 4.92 Å². The highest BCUT2D eigenvalue weighted by Crippen LogP contribution is 2.19. The van der Waals surface area contributed by atoms with Gasteiger partial charge in [0.2, 0.25) is 0 Å². The summed E-state index contributed by atoms with van der Waals surface area (Å²) in [6.07, 6.45) is 0. The van der Waals surface area contributed by atoms with Crippen LogP contribution in [-0.2, 0) is 0 Å². The van der Waals surface area contributed by atoms with E-state index in [0.29, 0.717) is 5.56 Å². The van der Waals surface area contributed by atoms with Gasteiger partial charge < -0.3 is 0 Å². The number of benzene rings is 1. The fourth-order valence-electron chi connectivity index (χ4n) is 1.34. The summed E-state index contributed by atoms with van der Waals surface area (Å²) in [7, 11) is 0.